The molecule has 1 aromatic heterocycles. The summed E-state index contributed by atoms with van der Waals surface area (Å²) >= 11 is 1.55. The molecule has 24 heavy (non-hydrogen) atoms. The summed E-state index contributed by atoms with van der Waals surface area (Å²) in [5.41, 5.74) is 3.56. The summed E-state index contributed by atoms with van der Waals surface area (Å²) in [6.45, 7) is 5.72. The second-order valence-corrected chi connectivity index (χ2v) is 6.86. The first-order chi connectivity index (χ1) is 11.5. The highest BCUT2D eigenvalue weighted by Crippen LogP contribution is 2.25. The summed E-state index contributed by atoms with van der Waals surface area (Å²) in [5, 5.41) is 6.68. The molecule has 0 bridgehead atoms. The summed E-state index contributed by atoms with van der Waals surface area (Å²) in [4.78, 5) is 26.7. The number of amides is 2. The summed E-state index contributed by atoms with van der Waals surface area (Å²) in [5.74, 6) is 0.707. The molecule has 0 radical (unpaired) electrons. The van der Waals surface area contributed by atoms with Gasteiger partial charge in [0.15, 0.2) is 0 Å². The molecule has 3 rings (SSSR count). The van der Waals surface area contributed by atoms with Crippen LogP contribution in [0.2, 0.25) is 0 Å². The van der Waals surface area contributed by atoms with E-state index in [4.69, 9.17) is 4.52 Å². The van der Waals surface area contributed by atoms with Gasteiger partial charge in [-0.2, -0.15) is 0 Å². The minimum Gasteiger partial charge on any atom is -0.351 e. The molecule has 2 amide bonds. The van der Waals surface area contributed by atoms with E-state index < -0.39 is 6.04 Å². The van der Waals surface area contributed by atoms with Crippen molar-refractivity contribution in [3.05, 3.63) is 46.8 Å². The number of nitrogens with one attached hydrogen (secondary N) is 1. The van der Waals surface area contributed by atoms with E-state index in [9.17, 15) is 9.59 Å². The molecular formula is C17H19N3O3S. The fraction of sp³-hybridized carbons (Fsp3) is 0.353. The van der Waals surface area contributed by atoms with Gasteiger partial charge in [-0.15, -0.1) is 11.8 Å². The minimum absolute atomic E-state index is 0.166. The van der Waals surface area contributed by atoms with Gasteiger partial charge in [-0.25, -0.2) is 0 Å². The molecule has 0 spiro atoms. The van der Waals surface area contributed by atoms with Crippen molar-refractivity contribution in [1.82, 2.24) is 10.1 Å². The molecular weight excluding hydrogens is 326 g/mol. The van der Waals surface area contributed by atoms with Crippen molar-refractivity contribution in [3.8, 4) is 0 Å². The van der Waals surface area contributed by atoms with E-state index in [1.165, 1.54) is 4.90 Å². The summed E-state index contributed by atoms with van der Waals surface area (Å²) < 4.78 is 5.04. The molecule has 6 nitrogen and oxygen atoms in total. The Kier molecular flexibility index (Phi) is 4.62. The Morgan fingerprint density at radius 1 is 1.33 bits per heavy atom. The Morgan fingerprint density at radius 2 is 2.12 bits per heavy atom. The van der Waals surface area contributed by atoms with E-state index in [1.807, 2.05) is 32.0 Å². The number of aromatic nitrogens is 1. The van der Waals surface area contributed by atoms with Crippen LogP contribution in [0.5, 0.6) is 0 Å². The number of nitrogens with zero attached hydrogens (tertiary/aromatic N) is 2. The summed E-state index contributed by atoms with van der Waals surface area (Å²) in [6, 6.07) is 6.84. The molecule has 2 heterocycles. The van der Waals surface area contributed by atoms with Gasteiger partial charge in [0, 0.05) is 17.5 Å². The second-order valence-electron chi connectivity index (χ2n) is 5.86. The van der Waals surface area contributed by atoms with Crippen LogP contribution in [0.25, 0.3) is 0 Å². The predicted octanol–water partition coefficient (Wildman–Crippen LogP) is 2.75. The van der Waals surface area contributed by atoms with Gasteiger partial charge in [-0.05, 0) is 38.0 Å². The molecule has 7 heteroatoms. The molecule has 0 aliphatic carbocycles. The molecule has 0 unspecified atom stereocenters. The maximum Gasteiger partial charge on any atom is 0.293 e. The maximum atomic E-state index is 12.7. The van der Waals surface area contributed by atoms with E-state index in [0.717, 1.165) is 16.8 Å². The van der Waals surface area contributed by atoms with Gasteiger partial charge >= 0.3 is 0 Å². The zero-order valence-electron chi connectivity index (χ0n) is 13.8. The Morgan fingerprint density at radius 3 is 2.83 bits per heavy atom. The number of hydrogen-bond donors (Lipinski definition) is 1. The lowest BCUT2D eigenvalue weighted by molar-refractivity contribution is -0.119. The van der Waals surface area contributed by atoms with Crippen LogP contribution in [0.15, 0.2) is 28.8 Å². The third kappa shape index (κ3) is 3.17. The third-order valence-electron chi connectivity index (χ3n) is 4.15. The number of carbonyl (C=O) groups is 2. The van der Waals surface area contributed by atoms with Crippen LogP contribution in [-0.4, -0.2) is 39.5 Å². The molecule has 2 aromatic rings. The molecule has 1 aliphatic rings. The molecule has 1 N–H and O–H groups in total. The number of aryl methyl sites for hydroxylation is 2. The zero-order valence-corrected chi connectivity index (χ0v) is 14.6. The summed E-state index contributed by atoms with van der Waals surface area (Å²) in [7, 11) is 0. The molecule has 1 aliphatic heterocycles. The molecule has 126 valence electrons. The van der Waals surface area contributed by atoms with E-state index >= 15 is 0 Å². The Bertz CT molecular complexity index is 787. The van der Waals surface area contributed by atoms with Crippen LogP contribution >= 0.6 is 11.8 Å². The lowest BCUT2D eigenvalue weighted by Gasteiger charge is -2.22. The maximum absolute atomic E-state index is 12.7. The van der Waals surface area contributed by atoms with Gasteiger partial charge in [0.2, 0.25) is 11.7 Å². The van der Waals surface area contributed by atoms with Crippen molar-refractivity contribution >= 4 is 29.3 Å². The number of carbonyl (C=O) groups excluding carboxylic acids is 2. The van der Waals surface area contributed by atoms with Crippen molar-refractivity contribution in [2.24, 2.45) is 0 Å². The van der Waals surface area contributed by atoms with E-state index in [2.05, 4.69) is 10.5 Å². The Labute approximate surface area is 144 Å². The van der Waals surface area contributed by atoms with Gasteiger partial charge in [-0.1, -0.05) is 17.3 Å². The van der Waals surface area contributed by atoms with Crippen LogP contribution in [0.1, 0.15) is 27.4 Å². The molecule has 1 atom stereocenters. The molecule has 1 fully saturated rings. The monoisotopic (exact) mass is 345 g/mol. The number of thioether (sulfide) groups is 1. The quantitative estimate of drug-likeness (QED) is 0.926. The van der Waals surface area contributed by atoms with Crippen molar-refractivity contribution < 1.29 is 14.1 Å². The first-order valence-corrected chi connectivity index (χ1v) is 8.82. The predicted molar refractivity (Wildman–Crippen MR) is 93.1 cm³/mol. The van der Waals surface area contributed by atoms with Crippen molar-refractivity contribution in [3.63, 3.8) is 0 Å². The van der Waals surface area contributed by atoms with Crippen molar-refractivity contribution in [1.29, 1.82) is 0 Å². The average molecular weight is 345 g/mol. The fourth-order valence-corrected chi connectivity index (χ4v) is 3.72. The largest absolute Gasteiger partial charge is 0.351 e. The first kappa shape index (κ1) is 16.6. The SMILES string of the molecule is Cc1cc(C(=O)N2CSC[C@@H]2C(=O)Nc2cccc(C)c2C)on1. The van der Waals surface area contributed by atoms with Crippen LogP contribution < -0.4 is 5.32 Å². The molecule has 1 saturated heterocycles. The topological polar surface area (TPSA) is 75.4 Å². The first-order valence-electron chi connectivity index (χ1n) is 7.66. The number of benzene rings is 1. The number of hydrogen-bond acceptors (Lipinski definition) is 5. The third-order valence-corrected chi connectivity index (χ3v) is 5.16. The zero-order chi connectivity index (χ0) is 17.3. The van der Waals surface area contributed by atoms with Gasteiger partial charge < -0.3 is 14.7 Å². The highest BCUT2D eigenvalue weighted by molar-refractivity contribution is 7.99. The smallest absolute Gasteiger partial charge is 0.293 e. The Balaban J connectivity index is 1.76. The fourth-order valence-electron chi connectivity index (χ4n) is 2.57. The highest BCUT2D eigenvalue weighted by Gasteiger charge is 2.36. The normalized spacial score (nSPS) is 17.1. The molecule has 1 aromatic carbocycles. The van der Waals surface area contributed by atoms with Crippen LogP contribution in [0, 0.1) is 20.8 Å². The lowest BCUT2D eigenvalue weighted by atomic mass is 10.1. The van der Waals surface area contributed by atoms with Crippen LogP contribution in [0.4, 0.5) is 5.69 Å². The molecule has 0 saturated carbocycles. The van der Waals surface area contributed by atoms with Gasteiger partial charge in [0.25, 0.3) is 5.91 Å². The second kappa shape index (κ2) is 6.68. The van der Waals surface area contributed by atoms with Gasteiger partial charge in [0.05, 0.1) is 11.6 Å². The van der Waals surface area contributed by atoms with E-state index in [1.54, 1.807) is 24.8 Å². The van der Waals surface area contributed by atoms with Crippen molar-refractivity contribution in [2.45, 2.75) is 26.8 Å². The standard InChI is InChI=1S/C17H19N3O3S/c1-10-5-4-6-13(12(10)3)18-16(21)14-8-24-9-20(14)17(22)15-7-11(2)19-23-15/h4-7,14H,8-9H2,1-3H3,(H,18,21)/t14-/m1/s1. The summed E-state index contributed by atoms with van der Waals surface area (Å²) in [6.07, 6.45) is 0. The van der Waals surface area contributed by atoms with E-state index in [0.29, 0.717) is 17.3 Å². The lowest BCUT2D eigenvalue weighted by Crippen LogP contribution is -2.44. The Hall–Kier alpha value is -2.28. The average Bonchev–Trinajstić information content (AvgIpc) is 3.20. The minimum atomic E-state index is -0.521. The van der Waals surface area contributed by atoms with Gasteiger partial charge in [0.1, 0.15) is 6.04 Å². The number of anilines is 1. The van der Waals surface area contributed by atoms with Crippen molar-refractivity contribution in [2.75, 3.05) is 16.9 Å². The van der Waals surface area contributed by atoms with Crippen LogP contribution in [0.3, 0.4) is 0 Å². The van der Waals surface area contributed by atoms with E-state index in [-0.39, 0.29) is 17.6 Å². The van der Waals surface area contributed by atoms with Gasteiger partial charge in [-0.3, -0.25) is 9.59 Å². The van der Waals surface area contributed by atoms with Crippen LogP contribution in [-0.2, 0) is 4.79 Å². The number of rotatable bonds is 3. The highest BCUT2D eigenvalue weighted by atomic mass is 32.2.